The Morgan fingerprint density at radius 2 is 2.00 bits per heavy atom. The molecule has 0 aliphatic rings. The highest BCUT2D eigenvalue weighted by molar-refractivity contribution is 14.0. The molecule has 2 aromatic heterocycles. The molecule has 0 atom stereocenters. The van der Waals surface area contributed by atoms with Crippen LogP contribution in [-0.4, -0.2) is 17.3 Å². The van der Waals surface area contributed by atoms with Crippen molar-refractivity contribution in [2.24, 2.45) is 10.7 Å². The van der Waals surface area contributed by atoms with Gasteiger partial charge in [0.2, 0.25) is 5.89 Å². The van der Waals surface area contributed by atoms with Crippen LogP contribution in [0.15, 0.2) is 57.5 Å². The third-order valence-electron chi connectivity index (χ3n) is 3.32. The Hall–Kier alpha value is -2.28. The first kappa shape index (κ1) is 22.0. The van der Waals surface area contributed by atoms with Crippen molar-refractivity contribution in [2.75, 3.05) is 0 Å². The van der Waals surface area contributed by atoms with E-state index in [1.165, 1.54) is 41.9 Å². The molecule has 0 fully saturated rings. The van der Waals surface area contributed by atoms with Crippen LogP contribution in [-0.2, 0) is 13.1 Å². The summed E-state index contributed by atoms with van der Waals surface area (Å²) in [6, 6.07) is 9.25. The molecule has 0 spiro atoms. The molecule has 28 heavy (non-hydrogen) atoms. The van der Waals surface area contributed by atoms with Gasteiger partial charge in [0.05, 0.1) is 23.7 Å². The number of nitrogens with zero attached hydrogens (tertiary/aromatic N) is 2. The summed E-state index contributed by atoms with van der Waals surface area (Å²) >= 11 is 1.53. The SMILES string of the molecule is I.NC(=NCc1ccc(OC(F)(F)F)cc1)NCc1coc(-c2cccs2)n1. The molecule has 0 amide bonds. The van der Waals surface area contributed by atoms with Gasteiger partial charge in [-0.1, -0.05) is 18.2 Å². The number of guanidine groups is 1. The molecule has 3 N–H and O–H groups in total. The Bertz CT molecular complexity index is 896. The number of thiophene rings is 1. The zero-order chi connectivity index (χ0) is 19.3. The van der Waals surface area contributed by atoms with E-state index in [-0.39, 0.29) is 42.2 Å². The average Bonchev–Trinajstić information content (AvgIpc) is 3.29. The number of hydrogen-bond acceptors (Lipinski definition) is 5. The predicted octanol–water partition coefficient (Wildman–Crippen LogP) is 4.52. The fraction of sp³-hybridized carbons (Fsp3) is 0.176. The molecule has 0 aliphatic carbocycles. The highest BCUT2D eigenvalue weighted by atomic mass is 127. The summed E-state index contributed by atoms with van der Waals surface area (Å²) < 4.78 is 45.6. The minimum Gasteiger partial charge on any atom is -0.443 e. The average molecular weight is 524 g/mol. The quantitative estimate of drug-likeness (QED) is 0.282. The van der Waals surface area contributed by atoms with Gasteiger partial charge in [0.25, 0.3) is 0 Å². The van der Waals surface area contributed by atoms with Crippen molar-refractivity contribution < 1.29 is 22.3 Å². The topological polar surface area (TPSA) is 85.7 Å². The van der Waals surface area contributed by atoms with Gasteiger partial charge in [-0.3, -0.25) is 0 Å². The number of benzene rings is 1. The van der Waals surface area contributed by atoms with Gasteiger partial charge >= 0.3 is 6.36 Å². The van der Waals surface area contributed by atoms with E-state index in [0.29, 0.717) is 23.7 Å². The number of rotatable bonds is 6. The van der Waals surface area contributed by atoms with E-state index in [0.717, 1.165) is 4.88 Å². The van der Waals surface area contributed by atoms with Crippen molar-refractivity contribution in [3.05, 3.63) is 59.3 Å². The Morgan fingerprint density at radius 3 is 2.64 bits per heavy atom. The van der Waals surface area contributed by atoms with Crippen LogP contribution >= 0.6 is 35.3 Å². The monoisotopic (exact) mass is 524 g/mol. The van der Waals surface area contributed by atoms with Gasteiger partial charge in [0.15, 0.2) is 5.96 Å². The van der Waals surface area contributed by atoms with E-state index < -0.39 is 6.36 Å². The van der Waals surface area contributed by atoms with Crippen LogP contribution in [0.3, 0.4) is 0 Å². The minimum atomic E-state index is -4.71. The maximum Gasteiger partial charge on any atom is 0.573 e. The van der Waals surface area contributed by atoms with Crippen LogP contribution in [0.5, 0.6) is 5.75 Å². The molecule has 2 heterocycles. The molecule has 0 unspecified atom stereocenters. The number of aromatic nitrogens is 1. The van der Waals surface area contributed by atoms with E-state index in [1.807, 2.05) is 17.5 Å². The predicted molar refractivity (Wildman–Crippen MR) is 111 cm³/mol. The Kier molecular flexibility index (Phi) is 7.69. The first-order chi connectivity index (χ1) is 12.9. The molecule has 0 saturated heterocycles. The van der Waals surface area contributed by atoms with Crippen molar-refractivity contribution in [1.29, 1.82) is 0 Å². The molecule has 0 bridgehead atoms. The van der Waals surface area contributed by atoms with Crippen molar-refractivity contribution in [3.8, 4) is 16.5 Å². The minimum absolute atomic E-state index is 0. The molecule has 0 aliphatic heterocycles. The molecule has 3 rings (SSSR count). The molecular formula is C17H16F3IN4O2S. The summed E-state index contributed by atoms with van der Waals surface area (Å²) in [6.45, 7) is 0.549. The second-order valence-corrected chi connectivity index (χ2v) is 6.32. The highest BCUT2D eigenvalue weighted by Crippen LogP contribution is 2.24. The lowest BCUT2D eigenvalue weighted by atomic mass is 10.2. The molecule has 3 aromatic rings. The zero-order valence-corrected chi connectivity index (χ0v) is 17.4. The lowest BCUT2D eigenvalue weighted by Crippen LogP contribution is -2.31. The van der Waals surface area contributed by atoms with Gasteiger partial charge in [-0.2, -0.15) is 0 Å². The molecule has 11 heteroatoms. The number of alkyl halides is 3. The van der Waals surface area contributed by atoms with Crippen LogP contribution in [0.4, 0.5) is 13.2 Å². The van der Waals surface area contributed by atoms with Crippen LogP contribution in [0.25, 0.3) is 10.8 Å². The van der Waals surface area contributed by atoms with Crippen molar-refractivity contribution in [3.63, 3.8) is 0 Å². The number of halogens is 4. The Morgan fingerprint density at radius 1 is 1.25 bits per heavy atom. The normalized spacial score (nSPS) is 11.8. The van der Waals surface area contributed by atoms with E-state index in [4.69, 9.17) is 10.2 Å². The van der Waals surface area contributed by atoms with Crippen molar-refractivity contribution in [2.45, 2.75) is 19.5 Å². The number of nitrogens with two attached hydrogens (primary N) is 1. The lowest BCUT2D eigenvalue weighted by molar-refractivity contribution is -0.274. The number of ether oxygens (including phenoxy) is 1. The largest absolute Gasteiger partial charge is 0.573 e. The summed E-state index contributed by atoms with van der Waals surface area (Å²) in [5.41, 5.74) is 7.15. The third kappa shape index (κ3) is 6.71. The molecule has 1 aromatic carbocycles. The van der Waals surface area contributed by atoms with Crippen LogP contribution in [0.2, 0.25) is 0 Å². The van der Waals surface area contributed by atoms with Crippen molar-refractivity contribution in [1.82, 2.24) is 10.3 Å². The molecule has 0 radical (unpaired) electrons. The standard InChI is InChI=1S/C17H15F3N4O2S.HI/c18-17(19,20)26-13-5-3-11(4-6-13)8-22-16(21)23-9-12-10-25-15(24-12)14-2-1-7-27-14;/h1-7,10H,8-9H2,(H3,21,22,23);1H. The van der Waals surface area contributed by atoms with Gasteiger partial charge in [-0.25, -0.2) is 9.98 Å². The summed E-state index contributed by atoms with van der Waals surface area (Å²) in [6.07, 6.45) is -3.17. The number of oxazole rings is 1. The number of nitrogens with one attached hydrogen (secondary N) is 1. The summed E-state index contributed by atoms with van der Waals surface area (Å²) in [7, 11) is 0. The molecule has 6 nitrogen and oxygen atoms in total. The number of aliphatic imine (C=N–C) groups is 1. The van der Waals surface area contributed by atoms with Crippen LogP contribution in [0, 0.1) is 0 Å². The fourth-order valence-corrected chi connectivity index (χ4v) is 2.77. The molecular weight excluding hydrogens is 508 g/mol. The van der Waals surface area contributed by atoms with Gasteiger partial charge < -0.3 is 20.2 Å². The van der Waals surface area contributed by atoms with Gasteiger partial charge in [-0.15, -0.1) is 48.5 Å². The van der Waals surface area contributed by atoms with Gasteiger partial charge in [-0.05, 0) is 29.1 Å². The summed E-state index contributed by atoms with van der Waals surface area (Å²) in [5.74, 6) is 0.443. The summed E-state index contributed by atoms with van der Waals surface area (Å²) in [5, 5.41) is 4.84. The highest BCUT2D eigenvalue weighted by Gasteiger charge is 2.30. The van der Waals surface area contributed by atoms with E-state index in [9.17, 15) is 13.2 Å². The maximum atomic E-state index is 12.1. The Labute approximate surface area is 179 Å². The Balaban J connectivity index is 0.00000280. The third-order valence-corrected chi connectivity index (χ3v) is 4.18. The zero-order valence-electron chi connectivity index (χ0n) is 14.3. The van der Waals surface area contributed by atoms with Gasteiger partial charge in [0.1, 0.15) is 12.0 Å². The first-order valence-corrected chi connectivity index (χ1v) is 8.64. The van der Waals surface area contributed by atoms with Crippen LogP contribution < -0.4 is 15.8 Å². The lowest BCUT2D eigenvalue weighted by Gasteiger charge is -2.09. The van der Waals surface area contributed by atoms with Crippen LogP contribution in [0.1, 0.15) is 11.3 Å². The first-order valence-electron chi connectivity index (χ1n) is 7.76. The smallest absolute Gasteiger partial charge is 0.443 e. The second kappa shape index (κ2) is 9.78. The molecule has 0 saturated carbocycles. The van der Waals surface area contributed by atoms with Crippen molar-refractivity contribution >= 4 is 41.3 Å². The second-order valence-electron chi connectivity index (χ2n) is 5.37. The van der Waals surface area contributed by atoms with E-state index >= 15 is 0 Å². The molecule has 150 valence electrons. The van der Waals surface area contributed by atoms with E-state index in [1.54, 1.807) is 0 Å². The number of hydrogen-bond donors (Lipinski definition) is 2. The van der Waals surface area contributed by atoms with Gasteiger partial charge in [0, 0.05) is 0 Å². The maximum absolute atomic E-state index is 12.1. The summed E-state index contributed by atoms with van der Waals surface area (Å²) in [4.78, 5) is 9.41. The van der Waals surface area contributed by atoms with E-state index in [2.05, 4.69) is 20.0 Å². The fourth-order valence-electron chi connectivity index (χ4n) is 2.11.